The largest absolute Gasteiger partial charge is 0.466 e. The number of aliphatic hydroxyl groups excluding tert-OH is 2. The van der Waals surface area contributed by atoms with Gasteiger partial charge in [0, 0.05) is 12.8 Å². The summed E-state index contributed by atoms with van der Waals surface area (Å²) in [5.41, 5.74) is 0. The highest BCUT2D eigenvalue weighted by Gasteiger charge is 2.17. The van der Waals surface area contributed by atoms with Crippen molar-refractivity contribution in [2.24, 2.45) is 0 Å². The molecular formula is C51H93NO5. The minimum absolute atomic E-state index is 0.0432. The number of hydrogen-bond donors (Lipinski definition) is 3. The summed E-state index contributed by atoms with van der Waals surface area (Å²) in [6, 6.07) is -0.665. The Morgan fingerprint density at radius 3 is 1.42 bits per heavy atom. The molecule has 0 radical (unpaired) electrons. The summed E-state index contributed by atoms with van der Waals surface area (Å²) in [5.74, 6) is -0.175. The summed E-state index contributed by atoms with van der Waals surface area (Å²) in [4.78, 5) is 24.4. The van der Waals surface area contributed by atoms with E-state index in [9.17, 15) is 19.8 Å². The van der Waals surface area contributed by atoms with E-state index >= 15 is 0 Å². The maximum absolute atomic E-state index is 12.4. The van der Waals surface area contributed by atoms with Crippen molar-refractivity contribution in [1.82, 2.24) is 5.32 Å². The average Bonchev–Trinajstić information content (AvgIpc) is 3.21. The highest BCUT2D eigenvalue weighted by molar-refractivity contribution is 5.76. The normalized spacial score (nSPS) is 13.1. The van der Waals surface area contributed by atoms with Crippen molar-refractivity contribution in [3.05, 3.63) is 48.6 Å². The van der Waals surface area contributed by atoms with Gasteiger partial charge < -0.3 is 20.3 Å². The Balaban J connectivity index is 3.56. The predicted octanol–water partition coefficient (Wildman–Crippen LogP) is 14.3. The Hall–Kier alpha value is -2.18. The predicted molar refractivity (Wildman–Crippen MR) is 245 cm³/mol. The molecule has 0 aromatic carbocycles. The summed E-state index contributed by atoms with van der Waals surface area (Å²) < 4.78 is 5.44. The second-order valence-corrected chi connectivity index (χ2v) is 16.4. The fraction of sp³-hybridized carbons (Fsp3) is 0.804. The zero-order chi connectivity index (χ0) is 41.5. The van der Waals surface area contributed by atoms with Gasteiger partial charge in [-0.3, -0.25) is 9.59 Å². The molecule has 0 saturated carbocycles. The lowest BCUT2D eigenvalue weighted by molar-refractivity contribution is -0.143. The lowest BCUT2D eigenvalue weighted by atomic mass is 10.1. The van der Waals surface area contributed by atoms with E-state index in [1.165, 1.54) is 135 Å². The standard InChI is InChI=1S/C51H93NO5/c1-3-5-7-9-11-13-15-17-18-19-20-21-22-23-25-29-33-37-41-45-51(56)57-46-42-38-34-30-26-28-32-36-40-44-50(55)52-48(47-53)49(54)43-39-35-31-27-24-16-14-12-10-8-6-4-2/h11,13,17-18,28,32,39,43,48-49,53-54H,3-10,12,14-16,19-27,29-31,33-38,40-42,44-47H2,1-2H3,(H,52,55)/b13-11-,18-17-,32-28-,43-39+. The number of carbonyl (C=O) groups is 2. The van der Waals surface area contributed by atoms with Gasteiger partial charge in [-0.1, -0.05) is 191 Å². The third kappa shape index (κ3) is 43.2. The van der Waals surface area contributed by atoms with Crippen LogP contribution in [0.1, 0.15) is 239 Å². The van der Waals surface area contributed by atoms with Crippen LogP contribution < -0.4 is 5.32 Å². The minimum atomic E-state index is -0.875. The Labute approximate surface area is 353 Å². The molecule has 6 nitrogen and oxygen atoms in total. The molecule has 0 aliphatic rings. The highest BCUT2D eigenvalue weighted by Crippen LogP contribution is 2.14. The quantitative estimate of drug-likeness (QED) is 0.0324. The molecule has 0 rings (SSSR count). The third-order valence-electron chi connectivity index (χ3n) is 10.8. The van der Waals surface area contributed by atoms with Crippen LogP contribution in [0.3, 0.4) is 0 Å². The number of aliphatic hydroxyl groups is 2. The van der Waals surface area contributed by atoms with E-state index in [2.05, 4.69) is 55.6 Å². The van der Waals surface area contributed by atoms with Crippen LogP contribution in [0.2, 0.25) is 0 Å². The van der Waals surface area contributed by atoms with Crippen molar-refractivity contribution in [3.63, 3.8) is 0 Å². The zero-order valence-electron chi connectivity index (χ0n) is 37.6. The Bertz CT molecular complexity index is 973. The molecule has 0 aliphatic heterocycles. The molecule has 6 heteroatoms. The van der Waals surface area contributed by atoms with Crippen molar-refractivity contribution in [2.45, 2.75) is 251 Å². The van der Waals surface area contributed by atoms with E-state index in [1.807, 2.05) is 6.08 Å². The fourth-order valence-corrected chi connectivity index (χ4v) is 7.02. The lowest BCUT2D eigenvalue weighted by Crippen LogP contribution is -2.45. The monoisotopic (exact) mass is 800 g/mol. The number of esters is 1. The number of rotatable bonds is 44. The number of unbranched alkanes of at least 4 members (excludes halogenated alkanes) is 27. The topological polar surface area (TPSA) is 95.9 Å². The van der Waals surface area contributed by atoms with Crippen LogP contribution in [-0.2, 0) is 14.3 Å². The van der Waals surface area contributed by atoms with E-state index in [4.69, 9.17) is 4.74 Å². The second-order valence-electron chi connectivity index (χ2n) is 16.4. The summed E-state index contributed by atoms with van der Waals surface area (Å²) >= 11 is 0. The molecule has 2 atom stereocenters. The first-order valence-corrected chi connectivity index (χ1v) is 24.4. The van der Waals surface area contributed by atoms with Crippen LogP contribution in [-0.4, -0.2) is 47.4 Å². The molecule has 332 valence electrons. The SMILES string of the molecule is CCCCC/C=C\C/C=C\CCCCCCCCCCCC(=O)OCCCCCC/C=C\CCCC(=O)NC(CO)C(O)/C=C/CCCCCCCCCCCC. The van der Waals surface area contributed by atoms with E-state index in [0.29, 0.717) is 19.4 Å². The number of carbonyl (C=O) groups excluding carboxylic acids is 2. The van der Waals surface area contributed by atoms with Gasteiger partial charge in [0.25, 0.3) is 0 Å². The van der Waals surface area contributed by atoms with Crippen LogP contribution in [0.25, 0.3) is 0 Å². The third-order valence-corrected chi connectivity index (χ3v) is 10.8. The molecule has 0 fully saturated rings. The highest BCUT2D eigenvalue weighted by atomic mass is 16.5. The van der Waals surface area contributed by atoms with Gasteiger partial charge in [-0.25, -0.2) is 0 Å². The molecule has 3 N–H and O–H groups in total. The van der Waals surface area contributed by atoms with Crippen molar-refractivity contribution in [3.8, 4) is 0 Å². The van der Waals surface area contributed by atoms with E-state index in [-0.39, 0.29) is 18.5 Å². The van der Waals surface area contributed by atoms with Crippen LogP contribution in [0.5, 0.6) is 0 Å². The van der Waals surface area contributed by atoms with Crippen LogP contribution in [0.15, 0.2) is 48.6 Å². The number of nitrogens with one attached hydrogen (secondary N) is 1. The molecule has 0 spiro atoms. The molecule has 57 heavy (non-hydrogen) atoms. The van der Waals surface area contributed by atoms with Gasteiger partial charge in [0.15, 0.2) is 0 Å². The smallest absolute Gasteiger partial charge is 0.305 e. The summed E-state index contributed by atoms with van der Waals surface area (Å²) in [5, 5.41) is 22.9. The molecule has 0 saturated heterocycles. The van der Waals surface area contributed by atoms with E-state index in [1.54, 1.807) is 6.08 Å². The van der Waals surface area contributed by atoms with E-state index < -0.39 is 12.1 Å². The lowest BCUT2D eigenvalue weighted by Gasteiger charge is -2.19. The van der Waals surface area contributed by atoms with Gasteiger partial charge in [-0.15, -0.1) is 0 Å². The molecule has 0 bridgehead atoms. The Morgan fingerprint density at radius 1 is 0.491 bits per heavy atom. The molecular weight excluding hydrogens is 707 g/mol. The minimum Gasteiger partial charge on any atom is -0.466 e. The zero-order valence-corrected chi connectivity index (χ0v) is 37.6. The Morgan fingerprint density at radius 2 is 0.895 bits per heavy atom. The molecule has 0 aromatic rings. The summed E-state index contributed by atoms with van der Waals surface area (Å²) in [7, 11) is 0. The van der Waals surface area contributed by atoms with Gasteiger partial charge in [0.1, 0.15) is 0 Å². The van der Waals surface area contributed by atoms with Gasteiger partial charge in [-0.05, 0) is 83.5 Å². The van der Waals surface area contributed by atoms with Gasteiger partial charge >= 0.3 is 5.97 Å². The molecule has 0 aliphatic carbocycles. The first-order chi connectivity index (χ1) is 28.0. The first-order valence-electron chi connectivity index (χ1n) is 24.4. The van der Waals surface area contributed by atoms with Gasteiger partial charge in [0.2, 0.25) is 5.91 Å². The fourth-order valence-electron chi connectivity index (χ4n) is 7.02. The van der Waals surface area contributed by atoms with Crippen LogP contribution in [0, 0.1) is 0 Å². The van der Waals surface area contributed by atoms with Crippen molar-refractivity contribution in [1.29, 1.82) is 0 Å². The van der Waals surface area contributed by atoms with Gasteiger partial charge in [0.05, 0.1) is 25.4 Å². The number of ether oxygens (including phenoxy) is 1. The van der Waals surface area contributed by atoms with E-state index in [0.717, 1.165) is 77.0 Å². The van der Waals surface area contributed by atoms with Crippen molar-refractivity contribution in [2.75, 3.05) is 13.2 Å². The first kappa shape index (κ1) is 54.8. The summed E-state index contributed by atoms with van der Waals surface area (Å²) in [6.07, 6.45) is 56.8. The molecule has 1 amide bonds. The molecule has 0 heterocycles. The average molecular weight is 800 g/mol. The summed E-state index contributed by atoms with van der Waals surface area (Å²) in [6.45, 7) is 4.76. The molecule has 0 aromatic heterocycles. The molecule has 2 unspecified atom stereocenters. The maximum atomic E-state index is 12.4. The van der Waals surface area contributed by atoms with Gasteiger partial charge in [-0.2, -0.15) is 0 Å². The van der Waals surface area contributed by atoms with Crippen molar-refractivity contribution >= 4 is 11.9 Å². The number of hydrogen-bond acceptors (Lipinski definition) is 5. The maximum Gasteiger partial charge on any atom is 0.305 e. The number of amides is 1. The number of allylic oxidation sites excluding steroid dienone is 7. The second kappa shape index (κ2) is 46.5. The van der Waals surface area contributed by atoms with Crippen LogP contribution >= 0.6 is 0 Å². The Kier molecular flexibility index (Phi) is 44.7. The van der Waals surface area contributed by atoms with Crippen LogP contribution in [0.4, 0.5) is 0 Å². The van der Waals surface area contributed by atoms with Crippen molar-refractivity contribution < 1.29 is 24.5 Å².